The van der Waals surface area contributed by atoms with Gasteiger partial charge in [-0.15, -0.1) is 0 Å². The summed E-state index contributed by atoms with van der Waals surface area (Å²) in [7, 11) is 3.33. The number of fused-ring (bicyclic) bond motifs is 1. The highest BCUT2D eigenvalue weighted by molar-refractivity contribution is 5.82. The minimum absolute atomic E-state index is 0.0119. The Morgan fingerprint density at radius 2 is 1.58 bits per heavy atom. The van der Waals surface area contributed by atoms with E-state index in [-0.39, 0.29) is 30.6 Å². The Morgan fingerprint density at radius 1 is 0.885 bits per heavy atom. The first-order chi connectivity index (χ1) is 25.1. The van der Waals surface area contributed by atoms with Gasteiger partial charge in [-0.2, -0.15) is 0 Å². The molecule has 1 amide bonds. The van der Waals surface area contributed by atoms with Crippen molar-refractivity contribution in [1.82, 2.24) is 10.2 Å². The summed E-state index contributed by atoms with van der Waals surface area (Å²) in [5.41, 5.74) is 8.27. The van der Waals surface area contributed by atoms with Crippen molar-refractivity contribution < 1.29 is 38.4 Å². The van der Waals surface area contributed by atoms with Crippen molar-refractivity contribution in [2.45, 2.75) is 71.5 Å². The van der Waals surface area contributed by atoms with Crippen molar-refractivity contribution in [2.75, 3.05) is 27.3 Å². The molecule has 0 spiro atoms. The monoisotopic (exact) mass is 708 g/mol. The molecule has 1 fully saturated rings. The smallest absolute Gasteiger partial charge is 0.303 e. The zero-order valence-corrected chi connectivity index (χ0v) is 30.5. The van der Waals surface area contributed by atoms with E-state index in [1.54, 1.807) is 21.1 Å². The summed E-state index contributed by atoms with van der Waals surface area (Å²) in [6.45, 7) is 7.74. The molecule has 2 heterocycles. The first-order valence-electron chi connectivity index (χ1n) is 17.8. The second kappa shape index (κ2) is 16.7. The number of ether oxygens (including phenoxy) is 5. The number of amides is 1. The molecule has 6 rings (SSSR count). The molecule has 4 aromatic carbocycles. The topological polar surface area (TPSA) is 116 Å². The molecule has 10 heteroatoms. The fraction of sp³-hybridized carbons (Fsp3) is 0.381. The van der Waals surface area contributed by atoms with Crippen LogP contribution in [0.5, 0.6) is 11.5 Å². The van der Waals surface area contributed by atoms with Crippen LogP contribution in [-0.4, -0.2) is 61.4 Å². The van der Waals surface area contributed by atoms with Crippen LogP contribution >= 0.6 is 0 Å². The standard InChI is InChI=1S/C42H48N2O8/c1-26-39(24-44-18-17-35-20-37(48-4)38(49-5)21-36(35)23-44)51-42(52-40(26)32-11-9-29(25-45)10-12-32)33-15-13-31(14-16-33)34-8-6-7-30(19-34)22-43-41(47)27(2)50-28(3)46/h6-16,19-21,26-27,39-40,42,45H,17-18,22-25H2,1-5H3,(H,43,47). The van der Waals surface area contributed by atoms with Gasteiger partial charge in [0, 0.05) is 44.6 Å². The first-order valence-corrected chi connectivity index (χ1v) is 17.8. The van der Waals surface area contributed by atoms with E-state index >= 15 is 0 Å². The summed E-state index contributed by atoms with van der Waals surface area (Å²) < 4.78 is 29.7. The third-order valence-corrected chi connectivity index (χ3v) is 9.98. The molecule has 5 unspecified atom stereocenters. The summed E-state index contributed by atoms with van der Waals surface area (Å²) in [5, 5.41) is 12.5. The molecule has 2 aliphatic rings. The van der Waals surface area contributed by atoms with Crippen molar-refractivity contribution in [2.24, 2.45) is 5.92 Å². The Balaban J connectivity index is 1.19. The third kappa shape index (κ3) is 8.65. The Hall–Kier alpha value is -4.74. The average molecular weight is 709 g/mol. The first kappa shape index (κ1) is 37.0. The Morgan fingerprint density at radius 3 is 2.25 bits per heavy atom. The van der Waals surface area contributed by atoms with Crippen molar-refractivity contribution in [1.29, 1.82) is 0 Å². The molecule has 0 aromatic heterocycles. The molecule has 274 valence electrons. The van der Waals surface area contributed by atoms with Gasteiger partial charge in [0.1, 0.15) is 0 Å². The maximum atomic E-state index is 12.4. The van der Waals surface area contributed by atoms with Gasteiger partial charge in [0.25, 0.3) is 5.91 Å². The van der Waals surface area contributed by atoms with Crippen LogP contribution in [0.15, 0.2) is 84.9 Å². The van der Waals surface area contributed by atoms with Crippen LogP contribution in [0.2, 0.25) is 0 Å². The molecule has 4 aromatic rings. The molecule has 5 atom stereocenters. The minimum Gasteiger partial charge on any atom is -0.493 e. The molecule has 0 radical (unpaired) electrons. The molecule has 0 aliphatic carbocycles. The van der Waals surface area contributed by atoms with Crippen LogP contribution in [0.4, 0.5) is 0 Å². The number of aliphatic hydroxyl groups excluding tert-OH is 1. The Labute approximate surface area is 305 Å². The van der Waals surface area contributed by atoms with Gasteiger partial charge in [0.2, 0.25) is 0 Å². The molecule has 0 saturated carbocycles. The number of hydrogen-bond donors (Lipinski definition) is 2. The molecular formula is C42H48N2O8. The molecule has 2 N–H and O–H groups in total. The van der Waals surface area contributed by atoms with Gasteiger partial charge in [-0.05, 0) is 70.5 Å². The summed E-state index contributed by atoms with van der Waals surface area (Å²) in [6.07, 6.45) is -0.860. The van der Waals surface area contributed by atoms with Crippen molar-refractivity contribution in [3.63, 3.8) is 0 Å². The van der Waals surface area contributed by atoms with E-state index in [4.69, 9.17) is 23.7 Å². The van der Waals surface area contributed by atoms with Crippen LogP contribution in [0.3, 0.4) is 0 Å². The number of nitrogens with one attached hydrogen (secondary N) is 1. The number of carbonyl (C=O) groups excluding carboxylic acids is 2. The second-order valence-electron chi connectivity index (χ2n) is 13.6. The summed E-state index contributed by atoms with van der Waals surface area (Å²) in [5.74, 6) is 0.703. The molecule has 1 saturated heterocycles. The summed E-state index contributed by atoms with van der Waals surface area (Å²) in [4.78, 5) is 26.0. The summed E-state index contributed by atoms with van der Waals surface area (Å²) >= 11 is 0. The molecule has 0 bridgehead atoms. The lowest BCUT2D eigenvalue weighted by Crippen LogP contribution is -2.45. The quantitative estimate of drug-likeness (QED) is 0.164. The highest BCUT2D eigenvalue weighted by atomic mass is 16.7. The lowest BCUT2D eigenvalue weighted by Gasteiger charge is -2.43. The van der Waals surface area contributed by atoms with Crippen LogP contribution in [0.25, 0.3) is 11.1 Å². The van der Waals surface area contributed by atoms with E-state index in [2.05, 4.69) is 41.4 Å². The predicted octanol–water partition coefficient (Wildman–Crippen LogP) is 6.28. The third-order valence-electron chi connectivity index (χ3n) is 9.98. The molecule has 10 nitrogen and oxygen atoms in total. The minimum atomic E-state index is -0.857. The maximum Gasteiger partial charge on any atom is 0.303 e. The molecule has 52 heavy (non-hydrogen) atoms. The largest absolute Gasteiger partial charge is 0.493 e. The Bertz CT molecular complexity index is 1840. The predicted molar refractivity (Wildman–Crippen MR) is 196 cm³/mol. The van der Waals surface area contributed by atoms with Crippen LogP contribution in [0, 0.1) is 5.92 Å². The number of esters is 1. The molecule has 2 aliphatic heterocycles. The number of aliphatic hydroxyl groups is 1. The lowest BCUT2D eigenvalue weighted by atomic mass is 9.89. The highest BCUT2D eigenvalue weighted by Crippen LogP contribution is 2.43. The SMILES string of the molecule is COc1cc2c(cc1OC)CN(CC1OC(c3ccc(-c4cccc(CNC(=O)C(C)OC(C)=O)c4)cc3)OC(c3ccc(CO)cc3)C1C)CC2. The Kier molecular flexibility index (Phi) is 11.9. The van der Waals surface area contributed by atoms with Gasteiger partial charge in [0.15, 0.2) is 23.9 Å². The second-order valence-corrected chi connectivity index (χ2v) is 13.6. The van der Waals surface area contributed by atoms with Gasteiger partial charge in [0.05, 0.1) is 33.0 Å². The number of benzene rings is 4. The van der Waals surface area contributed by atoms with Gasteiger partial charge >= 0.3 is 5.97 Å². The van der Waals surface area contributed by atoms with Crippen molar-refractivity contribution in [3.05, 3.63) is 118 Å². The van der Waals surface area contributed by atoms with Crippen molar-refractivity contribution in [3.8, 4) is 22.6 Å². The van der Waals surface area contributed by atoms with Crippen LogP contribution in [-0.2, 0) is 49.9 Å². The van der Waals surface area contributed by atoms with E-state index in [9.17, 15) is 14.7 Å². The number of methoxy groups -OCH3 is 2. The van der Waals surface area contributed by atoms with Gasteiger partial charge in [-0.25, -0.2) is 0 Å². The number of rotatable bonds is 12. The van der Waals surface area contributed by atoms with Gasteiger partial charge in [-0.1, -0.05) is 73.7 Å². The van der Waals surface area contributed by atoms with E-state index in [0.29, 0.717) is 6.54 Å². The number of carbonyl (C=O) groups is 2. The van der Waals surface area contributed by atoms with E-state index in [0.717, 1.165) is 70.9 Å². The number of hydrogen-bond acceptors (Lipinski definition) is 9. The maximum absolute atomic E-state index is 12.4. The van der Waals surface area contributed by atoms with Gasteiger partial charge in [-0.3, -0.25) is 14.5 Å². The average Bonchev–Trinajstić information content (AvgIpc) is 3.17. The fourth-order valence-electron chi connectivity index (χ4n) is 7.01. The normalized spacial score (nSPS) is 20.7. The van der Waals surface area contributed by atoms with Crippen LogP contribution < -0.4 is 14.8 Å². The summed E-state index contributed by atoms with van der Waals surface area (Å²) in [6, 6.07) is 28.3. The van der Waals surface area contributed by atoms with E-state index in [1.165, 1.54) is 18.1 Å². The van der Waals surface area contributed by atoms with Crippen molar-refractivity contribution >= 4 is 11.9 Å². The fourth-order valence-corrected chi connectivity index (χ4v) is 7.01. The van der Waals surface area contributed by atoms with Crippen LogP contribution in [0.1, 0.15) is 66.5 Å². The zero-order chi connectivity index (χ0) is 36.8. The van der Waals surface area contributed by atoms with Gasteiger partial charge < -0.3 is 34.1 Å². The van der Waals surface area contributed by atoms with E-state index in [1.807, 2.05) is 60.7 Å². The highest BCUT2D eigenvalue weighted by Gasteiger charge is 2.39. The zero-order valence-electron chi connectivity index (χ0n) is 30.5. The molecular weight excluding hydrogens is 660 g/mol. The van der Waals surface area contributed by atoms with E-state index < -0.39 is 18.4 Å². The number of nitrogens with zero attached hydrogens (tertiary/aromatic N) is 1. The lowest BCUT2D eigenvalue weighted by molar-refractivity contribution is -0.276.